The average Bonchev–Trinajstić information content (AvgIpc) is 3.07. The predicted octanol–water partition coefficient (Wildman–Crippen LogP) is 2.93. The number of hydrogen-bond acceptors (Lipinski definition) is 7. The molecular weight excluding hydrogens is 394 g/mol. The van der Waals surface area contributed by atoms with E-state index in [9.17, 15) is 19.6 Å². The van der Waals surface area contributed by atoms with Gasteiger partial charge in [0.15, 0.2) is 0 Å². The van der Waals surface area contributed by atoms with Crippen molar-refractivity contribution in [1.29, 1.82) is 5.26 Å². The van der Waals surface area contributed by atoms with Crippen molar-refractivity contribution in [3.8, 4) is 6.07 Å². The molecule has 0 atom stereocenters. The van der Waals surface area contributed by atoms with E-state index in [1.807, 2.05) is 6.07 Å². The average molecular weight is 413 g/mol. The summed E-state index contributed by atoms with van der Waals surface area (Å²) >= 11 is 1.29. The van der Waals surface area contributed by atoms with E-state index in [1.54, 1.807) is 24.3 Å². The highest BCUT2D eigenvalue weighted by Gasteiger charge is 2.28. The molecule has 1 aromatic carbocycles. The molecule has 1 aliphatic rings. The molecule has 0 fully saturated rings. The highest BCUT2D eigenvalue weighted by atomic mass is 32.1. The van der Waals surface area contributed by atoms with E-state index >= 15 is 0 Å². The van der Waals surface area contributed by atoms with Gasteiger partial charge in [-0.1, -0.05) is 18.2 Å². The Kier molecular flexibility index (Phi) is 6.46. The van der Waals surface area contributed by atoms with Crippen LogP contribution < -0.4 is 5.32 Å². The number of hydrogen-bond donors (Lipinski definition) is 1. The maximum atomic E-state index is 12.4. The summed E-state index contributed by atoms with van der Waals surface area (Å²) in [5.74, 6) is -0.723. The molecule has 0 radical (unpaired) electrons. The number of carbonyl (C=O) groups is 3. The molecule has 2 amide bonds. The molecular formula is C20H19N3O5S. The maximum absolute atomic E-state index is 12.4. The molecule has 0 saturated heterocycles. The van der Waals surface area contributed by atoms with Crippen LogP contribution in [0.2, 0.25) is 0 Å². The first kappa shape index (κ1) is 20.4. The summed E-state index contributed by atoms with van der Waals surface area (Å²) in [6.07, 6.45) is -0.0146. The number of nitrogens with zero attached hydrogens (tertiary/aromatic N) is 2. The van der Waals surface area contributed by atoms with Gasteiger partial charge in [0.1, 0.15) is 24.3 Å². The second kappa shape index (κ2) is 9.21. The van der Waals surface area contributed by atoms with E-state index in [4.69, 9.17) is 9.47 Å². The van der Waals surface area contributed by atoms with Crippen molar-refractivity contribution < 1.29 is 23.9 Å². The zero-order valence-corrected chi connectivity index (χ0v) is 16.6. The lowest BCUT2D eigenvalue weighted by Crippen LogP contribution is -2.36. The van der Waals surface area contributed by atoms with Crippen LogP contribution in [-0.4, -0.2) is 42.6 Å². The fourth-order valence-electron chi connectivity index (χ4n) is 2.94. The molecule has 1 N–H and O–H groups in total. The van der Waals surface area contributed by atoms with Gasteiger partial charge in [-0.3, -0.25) is 9.59 Å². The van der Waals surface area contributed by atoms with Crippen LogP contribution >= 0.6 is 11.3 Å². The number of nitrogens with one attached hydrogen (secondary N) is 1. The molecule has 2 heterocycles. The largest absolute Gasteiger partial charge is 0.462 e. The van der Waals surface area contributed by atoms with Crippen LogP contribution in [0, 0.1) is 11.3 Å². The van der Waals surface area contributed by atoms with Gasteiger partial charge < -0.3 is 19.7 Å². The molecule has 1 aromatic heterocycles. The number of thiophene rings is 1. The third-order valence-electron chi connectivity index (χ3n) is 4.30. The van der Waals surface area contributed by atoms with Gasteiger partial charge in [0.25, 0.3) is 5.91 Å². The molecule has 9 heteroatoms. The molecule has 0 spiro atoms. The third kappa shape index (κ3) is 4.92. The van der Waals surface area contributed by atoms with Crippen LogP contribution in [0.4, 0.5) is 9.80 Å². The summed E-state index contributed by atoms with van der Waals surface area (Å²) in [5.41, 5.74) is 1.79. The molecule has 3 rings (SSSR count). The van der Waals surface area contributed by atoms with E-state index in [1.165, 1.54) is 23.2 Å². The Morgan fingerprint density at radius 1 is 1.21 bits per heavy atom. The van der Waals surface area contributed by atoms with Gasteiger partial charge in [0.05, 0.1) is 12.1 Å². The second-order valence-electron chi connectivity index (χ2n) is 6.27. The normalized spacial score (nSPS) is 12.5. The minimum absolute atomic E-state index is 0.00735. The van der Waals surface area contributed by atoms with Gasteiger partial charge in [-0.2, -0.15) is 5.26 Å². The Morgan fingerprint density at radius 3 is 2.62 bits per heavy atom. The number of rotatable bonds is 5. The topological polar surface area (TPSA) is 109 Å². The van der Waals surface area contributed by atoms with Crippen molar-refractivity contribution in [2.75, 3.05) is 25.1 Å². The summed E-state index contributed by atoms with van der Waals surface area (Å²) in [6, 6.07) is 10.9. The van der Waals surface area contributed by atoms with Crippen molar-refractivity contribution in [2.45, 2.75) is 19.9 Å². The number of esters is 1. The van der Waals surface area contributed by atoms with Gasteiger partial charge in [-0.15, -0.1) is 11.3 Å². The lowest BCUT2D eigenvalue weighted by molar-refractivity contribution is -0.142. The summed E-state index contributed by atoms with van der Waals surface area (Å²) in [6.45, 7) is 1.96. The van der Waals surface area contributed by atoms with E-state index < -0.39 is 12.1 Å². The molecule has 1 aliphatic heterocycles. The first-order chi connectivity index (χ1) is 14.0. The summed E-state index contributed by atoms with van der Waals surface area (Å²) < 4.78 is 9.85. The Balaban J connectivity index is 1.67. The maximum Gasteiger partial charge on any atom is 0.410 e. The summed E-state index contributed by atoms with van der Waals surface area (Å²) in [4.78, 5) is 37.7. The summed E-state index contributed by atoms with van der Waals surface area (Å²) in [5, 5.41) is 12.9. The standard InChI is InChI=1S/C20H19N3O5S/c1-13(24)27-9-10-28-20(26)23-8-7-15-16(11-21)19(29-17(15)12-23)22-18(25)14-5-3-2-4-6-14/h2-6H,7-10,12H2,1H3,(H,22,25). The highest BCUT2D eigenvalue weighted by Crippen LogP contribution is 2.37. The minimum Gasteiger partial charge on any atom is -0.462 e. The van der Waals surface area contributed by atoms with E-state index in [2.05, 4.69) is 11.4 Å². The van der Waals surface area contributed by atoms with Gasteiger partial charge in [-0.25, -0.2) is 4.79 Å². The van der Waals surface area contributed by atoms with Gasteiger partial charge >= 0.3 is 12.1 Å². The smallest absolute Gasteiger partial charge is 0.410 e. The highest BCUT2D eigenvalue weighted by molar-refractivity contribution is 7.16. The zero-order valence-electron chi connectivity index (χ0n) is 15.8. The number of nitriles is 1. The number of fused-ring (bicyclic) bond motifs is 1. The fourth-order valence-corrected chi connectivity index (χ4v) is 4.14. The van der Waals surface area contributed by atoms with E-state index in [0.717, 1.165) is 10.4 Å². The Morgan fingerprint density at radius 2 is 1.93 bits per heavy atom. The number of carbonyl (C=O) groups excluding carboxylic acids is 3. The van der Waals surface area contributed by atoms with Crippen molar-refractivity contribution >= 4 is 34.3 Å². The SMILES string of the molecule is CC(=O)OCCOC(=O)N1CCc2c(sc(NC(=O)c3ccccc3)c2C#N)C1. The minimum atomic E-state index is -0.510. The molecule has 0 unspecified atom stereocenters. The fraction of sp³-hybridized carbons (Fsp3) is 0.300. The first-order valence-electron chi connectivity index (χ1n) is 8.95. The van der Waals surface area contributed by atoms with Gasteiger partial charge in [0, 0.05) is 23.9 Å². The number of anilines is 1. The van der Waals surface area contributed by atoms with Crippen LogP contribution in [0.25, 0.3) is 0 Å². The Labute approximate surface area is 171 Å². The molecule has 8 nitrogen and oxygen atoms in total. The zero-order chi connectivity index (χ0) is 20.8. The van der Waals surface area contributed by atoms with Crippen molar-refractivity contribution in [1.82, 2.24) is 4.90 Å². The van der Waals surface area contributed by atoms with E-state index in [0.29, 0.717) is 35.6 Å². The molecule has 0 aliphatic carbocycles. The summed E-state index contributed by atoms with van der Waals surface area (Å²) in [7, 11) is 0. The molecule has 0 bridgehead atoms. The number of amides is 2. The molecule has 29 heavy (non-hydrogen) atoms. The molecule has 0 saturated carbocycles. The van der Waals surface area contributed by atoms with Crippen LogP contribution in [0.1, 0.15) is 33.3 Å². The molecule has 2 aromatic rings. The van der Waals surface area contributed by atoms with Crippen molar-refractivity contribution in [3.63, 3.8) is 0 Å². The number of ether oxygens (including phenoxy) is 2. The monoisotopic (exact) mass is 413 g/mol. The molecule has 150 valence electrons. The van der Waals surface area contributed by atoms with Crippen LogP contribution in [-0.2, 0) is 27.2 Å². The van der Waals surface area contributed by atoms with Crippen LogP contribution in [0.15, 0.2) is 30.3 Å². The van der Waals surface area contributed by atoms with Crippen LogP contribution in [0.5, 0.6) is 0 Å². The van der Waals surface area contributed by atoms with Gasteiger partial charge in [0.2, 0.25) is 0 Å². The number of benzene rings is 1. The Bertz CT molecular complexity index is 964. The Hall–Kier alpha value is -3.38. The van der Waals surface area contributed by atoms with Crippen molar-refractivity contribution in [3.05, 3.63) is 51.9 Å². The quantitative estimate of drug-likeness (QED) is 0.596. The lowest BCUT2D eigenvalue weighted by Gasteiger charge is -2.26. The second-order valence-corrected chi connectivity index (χ2v) is 7.37. The third-order valence-corrected chi connectivity index (χ3v) is 5.44. The first-order valence-corrected chi connectivity index (χ1v) is 9.77. The predicted molar refractivity (Wildman–Crippen MR) is 106 cm³/mol. The lowest BCUT2D eigenvalue weighted by atomic mass is 10.0. The van der Waals surface area contributed by atoms with E-state index in [-0.39, 0.29) is 19.1 Å². The van der Waals surface area contributed by atoms with Gasteiger partial charge in [-0.05, 0) is 24.1 Å². The van der Waals surface area contributed by atoms with Crippen molar-refractivity contribution in [2.24, 2.45) is 0 Å². The van der Waals surface area contributed by atoms with Crippen LogP contribution in [0.3, 0.4) is 0 Å².